The van der Waals surface area contributed by atoms with E-state index in [-0.39, 0.29) is 51.4 Å². The van der Waals surface area contributed by atoms with Gasteiger partial charge in [0.15, 0.2) is 5.75 Å². The zero-order valence-corrected chi connectivity index (χ0v) is 18.9. The lowest BCUT2D eigenvalue weighted by atomic mass is 10.1. The van der Waals surface area contributed by atoms with Gasteiger partial charge in [-0.2, -0.15) is 18.0 Å². The Morgan fingerprint density at radius 2 is 1.78 bits per heavy atom. The number of aromatic nitrogens is 4. The maximum atomic E-state index is 12.9. The summed E-state index contributed by atoms with van der Waals surface area (Å²) < 4.78 is 49.7. The van der Waals surface area contributed by atoms with Gasteiger partial charge >= 0.3 is 6.18 Å². The standard InChI is InChI=1S/C19H13Cl4F3N4O2/c20-14-9-13(31-6-4-16(22)23)10-15(21)17(14)32-7-5-30-28-18(27-29-30)11-2-1-3-12(8-11)19(24,25)26/h1-4,8-10H,5-7H2. The molecule has 0 aliphatic heterocycles. The van der Waals surface area contributed by atoms with Gasteiger partial charge in [-0.15, -0.1) is 10.2 Å². The first-order valence-electron chi connectivity index (χ1n) is 8.84. The zero-order valence-electron chi connectivity index (χ0n) is 15.9. The first kappa shape index (κ1) is 24.4. The van der Waals surface area contributed by atoms with Crippen molar-refractivity contribution in [3.05, 3.63) is 62.6 Å². The van der Waals surface area contributed by atoms with Crippen LogP contribution in [0.2, 0.25) is 10.0 Å². The molecular formula is C19H13Cl4F3N4O2. The van der Waals surface area contributed by atoms with Crippen LogP contribution in [0.4, 0.5) is 13.2 Å². The number of alkyl halides is 3. The Bertz CT molecular complexity index is 1090. The molecule has 0 aliphatic carbocycles. The van der Waals surface area contributed by atoms with E-state index in [2.05, 4.69) is 15.4 Å². The summed E-state index contributed by atoms with van der Waals surface area (Å²) in [6.07, 6.45) is -3.01. The highest BCUT2D eigenvalue weighted by Crippen LogP contribution is 2.37. The molecule has 0 spiro atoms. The molecule has 13 heteroatoms. The maximum Gasteiger partial charge on any atom is 0.416 e. The van der Waals surface area contributed by atoms with Crippen molar-refractivity contribution in [3.63, 3.8) is 0 Å². The predicted molar refractivity (Wildman–Crippen MR) is 115 cm³/mol. The van der Waals surface area contributed by atoms with Gasteiger partial charge in [-0.1, -0.05) is 58.5 Å². The molecule has 0 bridgehead atoms. The topological polar surface area (TPSA) is 62.1 Å². The van der Waals surface area contributed by atoms with E-state index in [1.165, 1.54) is 35.1 Å². The number of nitrogens with zero attached hydrogens (tertiary/aromatic N) is 4. The normalized spacial score (nSPS) is 11.3. The molecule has 170 valence electrons. The number of hydrogen-bond acceptors (Lipinski definition) is 5. The molecule has 0 saturated heterocycles. The fourth-order valence-electron chi connectivity index (χ4n) is 2.48. The van der Waals surface area contributed by atoms with Crippen LogP contribution in [0.1, 0.15) is 5.56 Å². The van der Waals surface area contributed by atoms with Gasteiger partial charge in [0.05, 0.1) is 22.2 Å². The van der Waals surface area contributed by atoms with Crippen molar-refractivity contribution in [2.75, 3.05) is 13.2 Å². The van der Waals surface area contributed by atoms with Gasteiger partial charge in [0.1, 0.15) is 23.5 Å². The molecule has 0 saturated carbocycles. The summed E-state index contributed by atoms with van der Waals surface area (Å²) in [6.45, 7) is 0.347. The number of tetrazole rings is 1. The molecule has 0 radical (unpaired) electrons. The minimum atomic E-state index is -4.47. The first-order valence-corrected chi connectivity index (χ1v) is 10.4. The van der Waals surface area contributed by atoms with Gasteiger partial charge in [-0.25, -0.2) is 0 Å². The first-order chi connectivity index (χ1) is 15.1. The van der Waals surface area contributed by atoms with E-state index in [1.807, 2.05) is 0 Å². The van der Waals surface area contributed by atoms with Crippen molar-refractivity contribution in [1.82, 2.24) is 20.2 Å². The Balaban J connectivity index is 1.61. The third-order valence-corrected chi connectivity index (χ3v) is 4.77. The summed E-state index contributed by atoms with van der Waals surface area (Å²) in [4.78, 5) is 1.19. The minimum Gasteiger partial charge on any atom is -0.489 e. The molecule has 32 heavy (non-hydrogen) atoms. The van der Waals surface area contributed by atoms with Crippen molar-refractivity contribution in [2.45, 2.75) is 12.7 Å². The zero-order chi connectivity index (χ0) is 23.3. The molecule has 0 fully saturated rings. The lowest BCUT2D eigenvalue weighted by molar-refractivity contribution is -0.137. The lowest BCUT2D eigenvalue weighted by Gasteiger charge is -2.12. The van der Waals surface area contributed by atoms with Gasteiger partial charge in [-0.05, 0) is 23.4 Å². The van der Waals surface area contributed by atoms with Gasteiger partial charge in [0, 0.05) is 17.7 Å². The summed E-state index contributed by atoms with van der Waals surface area (Å²) in [5, 5.41) is 12.1. The van der Waals surface area contributed by atoms with Crippen molar-refractivity contribution in [3.8, 4) is 22.9 Å². The minimum absolute atomic E-state index is 0.0553. The summed E-state index contributed by atoms with van der Waals surface area (Å²) in [6, 6.07) is 7.69. The van der Waals surface area contributed by atoms with E-state index in [0.29, 0.717) is 5.75 Å². The summed E-state index contributed by atoms with van der Waals surface area (Å²) in [5.74, 6) is 0.673. The molecule has 0 N–H and O–H groups in total. The molecule has 2 aromatic carbocycles. The number of rotatable bonds is 8. The second-order valence-electron chi connectivity index (χ2n) is 6.16. The second kappa shape index (κ2) is 10.6. The Labute approximate surface area is 200 Å². The van der Waals surface area contributed by atoms with Crippen LogP contribution in [-0.2, 0) is 12.7 Å². The van der Waals surface area contributed by atoms with E-state index in [4.69, 9.17) is 55.9 Å². The Morgan fingerprint density at radius 1 is 1.06 bits per heavy atom. The predicted octanol–water partition coefficient (Wildman–Crippen LogP) is 6.44. The van der Waals surface area contributed by atoms with Crippen molar-refractivity contribution in [1.29, 1.82) is 0 Å². The van der Waals surface area contributed by atoms with E-state index >= 15 is 0 Å². The van der Waals surface area contributed by atoms with Crippen LogP contribution < -0.4 is 9.47 Å². The smallest absolute Gasteiger partial charge is 0.416 e. The molecular weight excluding hydrogens is 515 g/mol. The number of halogens is 7. The van der Waals surface area contributed by atoms with Crippen LogP contribution in [0, 0.1) is 0 Å². The van der Waals surface area contributed by atoms with Gasteiger partial charge in [0.2, 0.25) is 5.82 Å². The fourth-order valence-corrected chi connectivity index (χ4v) is 3.18. The fraction of sp³-hybridized carbons (Fsp3) is 0.211. The van der Waals surface area contributed by atoms with Gasteiger partial charge in [-0.3, -0.25) is 0 Å². The molecule has 0 unspecified atom stereocenters. The Hall–Kier alpha value is -2.20. The third kappa shape index (κ3) is 6.65. The number of ether oxygens (including phenoxy) is 2. The molecule has 1 aromatic heterocycles. The molecule has 1 heterocycles. The molecule has 0 atom stereocenters. The summed E-state index contributed by atoms with van der Waals surface area (Å²) in [5.41, 5.74) is -0.604. The van der Waals surface area contributed by atoms with Crippen LogP contribution in [0.3, 0.4) is 0 Å². The highest BCUT2D eigenvalue weighted by Gasteiger charge is 2.30. The summed E-state index contributed by atoms with van der Waals surface area (Å²) >= 11 is 23.4. The third-order valence-electron chi connectivity index (χ3n) is 3.90. The molecule has 3 rings (SSSR count). The van der Waals surface area contributed by atoms with Crippen LogP contribution in [-0.4, -0.2) is 33.4 Å². The molecule has 0 aliphatic rings. The van der Waals surface area contributed by atoms with Crippen LogP contribution in [0.5, 0.6) is 11.5 Å². The molecule has 3 aromatic rings. The van der Waals surface area contributed by atoms with E-state index < -0.39 is 11.7 Å². The van der Waals surface area contributed by atoms with Crippen molar-refractivity contribution >= 4 is 46.4 Å². The SMILES string of the molecule is FC(F)(F)c1cccc(-c2nnn(CCOc3c(Cl)cc(OCC=C(Cl)Cl)cc3Cl)n2)c1. The van der Waals surface area contributed by atoms with Crippen molar-refractivity contribution in [2.24, 2.45) is 0 Å². The monoisotopic (exact) mass is 526 g/mol. The van der Waals surface area contributed by atoms with Crippen LogP contribution >= 0.6 is 46.4 Å². The average molecular weight is 528 g/mol. The van der Waals surface area contributed by atoms with Gasteiger partial charge < -0.3 is 9.47 Å². The summed E-state index contributed by atoms with van der Waals surface area (Å²) in [7, 11) is 0. The largest absolute Gasteiger partial charge is 0.489 e. The highest BCUT2D eigenvalue weighted by atomic mass is 35.5. The van der Waals surface area contributed by atoms with Crippen LogP contribution in [0.25, 0.3) is 11.4 Å². The quantitative estimate of drug-likeness (QED) is 0.337. The molecule has 0 amide bonds. The lowest BCUT2D eigenvalue weighted by Crippen LogP contribution is -2.11. The van der Waals surface area contributed by atoms with E-state index in [9.17, 15) is 13.2 Å². The second-order valence-corrected chi connectivity index (χ2v) is 7.98. The van der Waals surface area contributed by atoms with E-state index in [0.717, 1.165) is 12.1 Å². The van der Waals surface area contributed by atoms with E-state index in [1.54, 1.807) is 0 Å². The Kier molecular flexibility index (Phi) is 8.10. The highest BCUT2D eigenvalue weighted by molar-refractivity contribution is 6.55. The van der Waals surface area contributed by atoms with Crippen LogP contribution in [0.15, 0.2) is 47.0 Å². The van der Waals surface area contributed by atoms with Gasteiger partial charge in [0.25, 0.3) is 0 Å². The van der Waals surface area contributed by atoms with Crippen molar-refractivity contribution < 1.29 is 22.6 Å². The Morgan fingerprint density at radius 3 is 2.44 bits per heavy atom. The molecule has 6 nitrogen and oxygen atoms in total. The number of hydrogen-bond donors (Lipinski definition) is 0. The maximum absolute atomic E-state index is 12.9. The number of benzene rings is 2. The average Bonchev–Trinajstić information content (AvgIpc) is 3.18.